The molecule has 0 radical (unpaired) electrons. The van der Waals surface area contributed by atoms with Crippen LogP contribution in [0.3, 0.4) is 0 Å². The van der Waals surface area contributed by atoms with Gasteiger partial charge in [-0.2, -0.15) is 0 Å². The van der Waals surface area contributed by atoms with Crippen LogP contribution in [0.15, 0.2) is 30.3 Å². The Bertz CT molecular complexity index is 193. The van der Waals surface area contributed by atoms with Crippen molar-refractivity contribution >= 4 is 3.07 Å². The van der Waals surface area contributed by atoms with Crippen molar-refractivity contribution in [3.05, 3.63) is 30.3 Å². The summed E-state index contributed by atoms with van der Waals surface area (Å²) in [6.45, 7) is 2.28. The molecule has 0 saturated carbocycles. The predicted molar refractivity (Wildman–Crippen MR) is 50.4 cm³/mol. The van der Waals surface area contributed by atoms with Crippen molar-refractivity contribution < 1.29 is 24.6 Å². The molecule has 0 spiro atoms. The number of unbranched alkanes of at least 4 members (excludes halogenated alkanes) is 2. The van der Waals surface area contributed by atoms with Gasteiger partial charge in [0.1, 0.15) is 0 Å². The zero-order valence-electron chi connectivity index (χ0n) is 7.92. The Balaban J connectivity index is 2.16. The first-order chi connectivity index (χ1) is 5.93. The molecule has 0 unspecified atom stereocenters. The van der Waals surface area contributed by atoms with E-state index in [9.17, 15) is 0 Å². The molecule has 0 aliphatic rings. The van der Waals surface area contributed by atoms with Crippen molar-refractivity contribution in [3.63, 3.8) is 0 Å². The fraction of sp³-hybridized carbons (Fsp3) is 0.455. The Morgan fingerprint density at radius 3 is 2.50 bits per heavy atom. The van der Waals surface area contributed by atoms with Gasteiger partial charge in [0.25, 0.3) is 0 Å². The molecule has 0 fully saturated rings. The number of hydrogen-bond acceptors (Lipinski definition) is 0. The van der Waals surface area contributed by atoms with E-state index in [1.54, 1.807) is 7.00 Å². The fourth-order valence-electron chi connectivity index (χ4n) is 1.40. The summed E-state index contributed by atoms with van der Waals surface area (Å²) in [5, 5.41) is 0. The molecule has 62 valence electrons. The topological polar surface area (TPSA) is 0 Å². The van der Waals surface area contributed by atoms with Crippen LogP contribution in [0.5, 0.6) is 0 Å². The zero-order valence-corrected chi connectivity index (χ0v) is 13.4. The first kappa shape index (κ1) is 10.2. The molecular weight excluding hydrogens is 333 g/mol. The van der Waals surface area contributed by atoms with Crippen LogP contribution < -0.4 is 3.07 Å². The van der Waals surface area contributed by atoms with Crippen LogP contribution in [0.1, 0.15) is 26.2 Å². The van der Waals surface area contributed by atoms with Gasteiger partial charge in [-0.05, 0) is 0 Å². The predicted octanol–water partition coefficient (Wildman–Crippen LogP) is 3.00. The first-order valence-corrected chi connectivity index (χ1v) is 11.6. The van der Waals surface area contributed by atoms with Gasteiger partial charge in [0.15, 0.2) is 0 Å². The Morgan fingerprint density at radius 2 is 1.83 bits per heavy atom. The standard InChI is InChI=1S/C6H5.C5H11.Hg/c1-2-4-6-5-3-1;1-3-5-4-2;/h1-5H;1,3-5H2,2H3;. The molecule has 1 heteroatoms. The molecule has 1 rings (SSSR count). The summed E-state index contributed by atoms with van der Waals surface area (Å²) in [4.78, 5) is 0. The SMILES string of the molecule is CCCC[CH2][Hg][c]1ccccc1. The Labute approximate surface area is 87.8 Å². The average Bonchev–Trinajstić information content (AvgIpc) is 2.14. The molecule has 0 nitrogen and oxygen atoms in total. The Morgan fingerprint density at radius 1 is 1.08 bits per heavy atom. The second kappa shape index (κ2) is 6.65. The van der Waals surface area contributed by atoms with Gasteiger partial charge in [0.2, 0.25) is 0 Å². The van der Waals surface area contributed by atoms with Gasteiger partial charge in [-0.15, -0.1) is 0 Å². The van der Waals surface area contributed by atoms with Crippen LogP contribution in [-0.4, -0.2) is 0 Å². The number of benzene rings is 1. The van der Waals surface area contributed by atoms with E-state index in [1.165, 1.54) is 19.3 Å². The molecule has 0 saturated heterocycles. The van der Waals surface area contributed by atoms with E-state index in [2.05, 4.69) is 37.3 Å². The molecule has 0 aromatic heterocycles. The summed E-state index contributed by atoms with van der Waals surface area (Å²) in [7, 11) is 0. The van der Waals surface area contributed by atoms with Crippen LogP contribution >= 0.6 is 0 Å². The van der Waals surface area contributed by atoms with Crippen molar-refractivity contribution in [3.8, 4) is 0 Å². The summed E-state index contributed by atoms with van der Waals surface area (Å²) < 4.78 is 3.27. The third kappa shape index (κ3) is 4.25. The van der Waals surface area contributed by atoms with E-state index in [0.29, 0.717) is 0 Å². The first-order valence-electron chi connectivity index (χ1n) is 4.97. The summed E-state index contributed by atoms with van der Waals surface area (Å²) >= 11 is -0.641. The van der Waals surface area contributed by atoms with Gasteiger partial charge in [0.05, 0.1) is 0 Å². The molecular formula is C11H16Hg. The number of rotatable bonds is 5. The van der Waals surface area contributed by atoms with E-state index in [1.807, 2.05) is 0 Å². The molecule has 0 bridgehead atoms. The average molecular weight is 349 g/mol. The second-order valence-corrected chi connectivity index (χ2v) is 11.2. The van der Waals surface area contributed by atoms with Crippen molar-refractivity contribution in [1.82, 2.24) is 0 Å². The van der Waals surface area contributed by atoms with Crippen LogP contribution in [0.4, 0.5) is 0 Å². The Hall–Kier alpha value is 0.155. The van der Waals surface area contributed by atoms with Crippen LogP contribution in [0.2, 0.25) is 3.93 Å². The summed E-state index contributed by atoms with van der Waals surface area (Å²) in [6.07, 6.45) is 4.28. The molecule has 0 atom stereocenters. The van der Waals surface area contributed by atoms with Gasteiger partial charge >= 0.3 is 88.1 Å². The minimum absolute atomic E-state index is 0.641. The van der Waals surface area contributed by atoms with Gasteiger partial charge in [0, 0.05) is 0 Å². The quantitative estimate of drug-likeness (QED) is 0.567. The van der Waals surface area contributed by atoms with Crippen LogP contribution in [0, 0.1) is 0 Å². The van der Waals surface area contributed by atoms with E-state index >= 15 is 0 Å². The summed E-state index contributed by atoms with van der Waals surface area (Å²) in [5.41, 5.74) is 0. The molecule has 1 aromatic rings. The maximum absolute atomic E-state index is 2.31. The van der Waals surface area contributed by atoms with Crippen molar-refractivity contribution in [2.24, 2.45) is 0 Å². The fourth-order valence-corrected chi connectivity index (χ4v) is 7.69. The molecule has 1 aromatic carbocycles. The third-order valence-corrected chi connectivity index (χ3v) is 9.56. The van der Waals surface area contributed by atoms with Gasteiger partial charge in [-0.25, -0.2) is 0 Å². The molecule has 0 aliphatic heterocycles. The molecule has 0 aliphatic carbocycles. The zero-order chi connectivity index (χ0) is 8.65. The van der Waals surface area contributed by atoms with Crippen LogP contribution in [0.25, 0.3) is 0 Å². The molecule has 0 N–H and O–H groups in total. The van der Waals surface area contributed by atoms with E-state index in [-0.39, 0.29) is 0 Å². The maximum atomic E-state index is 2.31. The van der Waals surface area contributed by atoms with Gasteiger partial charge < -0.3 is 0 Å². The normalized spacial score (nSPS) is 9.42. The van der Waals surface area contributed by atoms with Gasteiger partial charge in [-0.1, -0.05) is 0 Å². The Kier molecular flexibility index (Phi) is 5.67. The van der Waals surface area contributed by atoms with E-state index in [0.717, 1.165) is 0 Å². The molecule has 0 amide bonds. The second-order valence-electron chi connectivity index (χ2n) is 3.30. The van der Waals surface area contributed by atoms with E-state index in [4.69, 9.17) is 0 Å². The third-order valence-electron chi connectivity index (χ3n) is 2.16. The molecule has 0 heterocycles. The van der Waals surface area contributed by atoms with Crippen LogP contribution in [-0.2, 0) is 24.6 Å². The summed E-state index contributed by atoms with van der Waals surface area (Å²) in [6, 6.07) is 11.1. The number of hydrogen-bond donors (Lipinski definition) is 0. The summed E-state index contributed by atoms with van der Waals surface area (Å²) in [5.74, 6) is 0. The minimum atomic E-state index is -0.641. The van der Waals surface area contributed by atoms with E-state index < -0.39 is 24.6 Å². The van der Waals surface area contributed by atoms with Crippen molar-refractivity contribution in [2.75, 3.05) is 0 Å². The van der Waals surface area contributed by atoms with Crippen molar-refractivity contribution in [1.29, 1.82) is 0 Å². The van der Waals surface area contributed by atoms with Crippen molar-refractivity contribution in [2.45, 2.75) is 30.1 Å². The molecule has 12 heavy (non-hydrogen) atoms. The monoisotopic (exact) mass is 350 g/mol. The van der Waals surface area contributed by atoms with Gasteiger partial charge in [-0.3, -0.25) is 0 Å².